The van der Waals surface area contributed by atoms with Crippen molar-refractivity contribution < 1.29 is 5.11 Å². The Balaban J connectivity index is 1.94. The summed E-state index contributed by atoms with van der Waals surface area (Å²) < 4.78 is 0.833. The van der Waals surface area contributed by atoms with Gasteiger partial charge in [0.15, 0.2) is 0 Å². The molecule has 1 aromatic carbocycles. The van der Waals surface area contributed by atoms with Crippen molar-refractivity contribution in [3.63, 3.8) is 0 Å². The van der Waals surface area contributed by atoms with Crippen LogP contribution < -0.4 is 5.32 Å². The molecule has 3 nitrogen and oxygen atoms in total. The molecule has 1 unspecified atom stereocenters. The molecule has 18 heavy (non-hydrogen) atoms. The second kappa shape index (κ2) is 5.87. The van der Waals surface area contributed by atoms with Crippen LogP contribution in [0.4, 0.5) is 5.69 Å². The molecule has 0 spiro atoms. The second-order valence-corrected chi connectivity index (χ2v) is 5.10. The van der Waals surface area contributed by atoms with Gasteiger partial charge in [-0.15, -0.1) is 0 Å². The van der Waals surface area contributed by atoms with Gasteiger partial charge in [0.1, 0.15) is 10.4 Å². The summed E-state index contributed by atoms with van der Waals surface area (Å²) in [6, 6.07) is 11.5. The smallest absolute Gasteiger partial charge is 0.115 e. The number of hydrogen-bond acceptors (Lipinski definition) is 3. The zero-order valence-corrected chi connectivity index (χ0v) is 11.7. The number of anilines is 1. The highest BCUT2D eigenvalue weighted by Gasteiger charge is 2.04. The maximum atomic E-state index is 9.22. The minimum atomic E-state index is 0.302. The molecule has 4 heteroatoms. The summed E-state index contributed by atoms with van der Waals surface area (Å²) >= 11 is 3.31. The minimum absolute atomic E-state index is 0.302. The van der Waals surface area contributed by atoms with Crippen LogP contribution in [0.5, 0.6) is 5.75 Å². The van der Waals surface area contributed by atoms with E-state index >= 15 is 0 Å². The van der Waals surface area contributed by atoms with Gasteiger partial charge in [-0.25, -0.2) is 4.98 Å². The van der Waals surface area contributed by atoms with Crippen LogP contribution in [0.15, 0.2) is 47.2 Å². The van der Waals surface area contributed by atoms with Crippen molar-refractivity contribution in [3.05, 3.63) is 52.8 Å². The monoisotopic (exact) mass is 306 g/mol. The van der Waals surface area contributed by atoms with Crippen molar-refractivity contribution in [2.75, 3.05) is 5.32 Å². The van der Waals surface area contributed by atoms with Gasteiger partial charge in [-0.1, -0.05) is 12.1 Å². The fourth-order valence-corrected chi connectivity index (χ4v) is 2.02. The zero-order chi connectivity index (χ0) is 13.0. The number of phenols is 1. The van der Waals surface area contributed by atoms with E-state index in [0.717, 1.165) is 16.7 Å². The largest absolute Gasteiger partial charge is 0.508 e. The third-order valence-corrected chi connectivity index (χ3v) is 3.09. The SMILES string of the molecule is CC(Cc1ccc(O)cc1)Nc1ccc(Br)nc1. The Morgan fingerprint density at radius 2 is 1.94 bits per heavy atom. The lowest BCUT2D eigenvalue weighted by Gasteiger charge is -2.15. The Bertz CT molecular complexity index is 449. The van der Waals surface area contributed by atoms with Crippen LogP contribution in [0.25, 0.3) is 0 Å². The van der Waals surface area contributed by atoms with Crippen molar-refractivity contribution in [1.82, 2.24) is 4.98 Å². The van der Waals surface area contributed by atoms with Crippen molar-refractivity contribution in [2.24, 2.45) is 0 Å². The van der Waals surface area contributed by atoms with Crippen molar-refractivity contribution in [3.8, 4) is 5.75 Å². The van der Waals surface area contributed by atoms with Gasteiger partial charge in [-0.3, -0.25) is 0 Å². The fourth-order valence-electron chi connectivity index (χ4n) is 1.78. The summed E-state index contributed by atoms with van der Waals surface area (Å²) in [4.78, 5) is 4.17. The summed E-state index contributed by atoms with van der Waals surface area (Å²) in [7, 11) is 0. The van der Waals surface area contributed by atoms with E-state index in [1.54, 1.807) is 18.3 Å². The number of nitrogens with one attached hydrogen (secondary N) is 1. The lowest BCUT2D eigenvalue weighted by atomic mass is 10.1. The zero-order valence-electron chi connectivity index (χ0n) is 10.1. The summed E-state index contributed by atoms with van der Waals surface area (Å²) in [5.41, 5.74) is 2.20. The van der Waals surface area contributed by atoms with Crippen LogP contribution in [-0.2, 0) is 6.42 Å². The van der Waals surface area contributed by atoms with Crippen LogP contribution in [0, 0.1) is 0 Å². The normalized spacial score (nSPS) is 12.1. The summed E-state index contributed by atoms with van der Waals surface area (Å²) in [6.45, 7) is 2.12. The highest BCUT2D eigenvalue weighted by atomic mass is 79.9. The molecule has 0 fully saturated rings. The van der Waals surface area contributed by atoms with E-state index in [4.69, 9.17) is 0 Å². The quantitative estimate of drug-likeness (QED) is 0.849. The van der Waals surface area contributed by atoms with Gasteiger partial charge in [0.25, 0.3) is 0 Å². The van der Waals surface area contributed by atoms with Crippen LogP contribution in [0.1, 0.15) is 12.5 Å². The van der Waals surface area contributed by atoms with E-state index in [0.29, 0.717) is 11.8 Å². The summed E-state index contributed by atoms with van der Waals surface area (Å²) in [5, 5.41) is 12.6. The first-order valence-corrected chi connectivity index (χ1v) is 6.59. The average molecular weight is 307 g/mol. The molecule has 0 bridgehead atoms. The number of rotatable bonds is 4. The van der Waals surface area contributed by atoms with Gasteiger partial charge in [-0.05, 0) is 59.1 Å². The molecule has 94 valence electrons. The first-order valence-electron chi connectivity index (χ1n) is 5.79. The van der Waals surface area contributed by atoms with E-state index in [1.165, 1.54) is 5.56 Å². The number of aromatic nitrogens is 1. The molecule has 0 saturated carbocycles. The van der Waals surface area contributed by atoms with Gasteiger partial charge < -0.3 is 10.4 Å². The van der Waals surface area contributed by atoms with E-state index < -0.39 is 0 Å². The first-order chi connectivity index (χ1) is 8.63. The predicted molar refractivity (Wildman–Crippen MR) is 76.8 cm³/mol. The molecule has 2 N–H and O–H groups in total. The van der Waals surface area contributed by atoms with E-state index in [1.807, 2.05) is 24.3 Å². The van der Waals surface area contributed by atoms with E-state index in [2.05, 4.69) is 33.2 Å². The number of benzene rings is 1. The molecule has 2 aromatic rings. The van der Waals surface area contributed by atoms with Gasteiger partial charge >= 0.3 is 0 Å². The summed E-state index contributed by atoms with van der Waals surface area (Å²) in [5.74, 6) is 0.302. The van der Waals surface area contributed by atoms with Gasteiger partial charge in [0.2, 0.25) is 0 Å². The maximum absolute atomic E-state index is 9.22. The van der Waals surface area contributed by atoms with Gasteiger partial charge in [0.05, 0.1) is 11.9 Å². The fraction of sp³-hybridized carbons (Fsp3) is 0.214. The third-order valence-electron chi connectivity index (χ3n) is 2.62. The standard InChI is InChI=1S/C14H15BrN2O/c1-10(8-11-2-5-13(18)6-3-11)17-12-4-7-14(15)16-9-12/h2-7,9-10,17-18H,8H2,1H3. The van der Waals surface area contributed by atoms with Crippen LogP contribution in [0.3, 0.4) is 0 Å². The molecule has 0 radical (unpaired) electrons. The summed E-state index contributed by atoms with van der Waals surface area (Å²) in [6.07, 6.45) is 2.70. The molecule has 0 aliphatic carbocycles. The first kappa shape index (κ1) is 12.9. The Labute approximate surface area is 115 Å². The Kier molecular flexibility index (Phi) is 4.20. The molecule has 2 rings (SSSR count). The highest BCUT2D eigenvalue weighted by molar-refractivity contribution is 9.10. The number of pyridine rings is 1. The molecule has 0 aliphatic heterocycles. The van der Waals surface area contributed by atoms with Crippen LogP contribution in [0.2, 0.25) is 0 Å². The molecule has 1 heterocycles. The lowest BCUT2D eigenvalue weighted by Crippen LogP contribution is -2.18. The minimum Gasteiger partial charge on any atom is -0.508 e. The molecule has 1 atom stereocenters. The molecular weight excluding hydrogens is 292 g/mol. The Morgan fingerprint density at radius 1 is 1.22 bits per heavy atom. The number of phenolic OH excluding ortho intramolecular Hbond substituents is 1. The van der Waals surface area contributed by atoms with Crippen molar-refractivity contribution >= 4 is 21.6 Å². The van der Waals surface area contributed by atoms with Crippen molar-refractivity contribution in [2.45, 2.75) is 19.4 Å². The van der Waals surface area contributed by atoms with E-state index in [-0.39, 0.29) is 0 Å². The van der Waals surface area contributed by atoms with Crippen LogP contribution in [-0.4, -0.2) is 16.1 Å². The average Bonchev–Trinajstić information content (AvgIpc) is 2.35. The molecule has 1 aromatic heterocycles. The molecule has 0 aliphatic rings. The van der Waals surface area contributed by atoms with Gasteiger partial charge in [0, 0.05) is 6.04 Å². The highest BCUT2D eigenvalue weighted by Crippen LogP contribution is 2.15. The second-order valence-electron chi connectivity index (χ2n) is 4.29. The number of halogens is 1. The Morgan fingerprint density at radius 3 is 2.56 bits per heavy atom. The van der Waals surface area contributed by atoms with Gasteiger partial charge in [-0.2, -0.15) is 0 Å². The maximum Gasteiger partial charge on any atom is 0.115 e. The molecule has 0 saturated heterocycles. The molecular formula is C14H15BrN2O. The van der Waals surface area contributed by atoms with E-state index in [9.17, 15) is 5.11 Å². The number of aromatic hydroxyl groups is 1. The Hall–Kier alpha value is -1.55. The van der Waals surface area contributed by atoms with Crippen LogP contribution >= 0.6 is 15.9 Å². The topological polar surface area (TPSA) is 45.1 Å². The molecule has 0 amide bonds. The number of hydrogen-bond donors (Lipinski definition) is 2. The van der Waals surface area contributed by atoms with Crippen molar-refractivity contribution in [1.29, 1.82) is 0 Å². The lowest BCUT2D eigenvalue weighted by molar-refractivity contribution is 0.475. The predicted octanol–water partition coefficient (Wildman–Crippen LogP) is 3.59. The number of nitrogens with zero attached hydrogens (tertiary/aromatic N) is 1. The third kappa shape index (κ3) is 3.74.